The molecular formula is C15H14O4. The Kier molecular flexibility index (Phi) is 4.13. The van der Waals surface area contributed by atoms with Gasteiger partial charge in [0.15, 0.2) is 0 Å². The molecule has 4 heteroatoms. The van der Waals surface area contributed by atoms with Crippen LogP contribution in [-0.2, 0) is 14.3 Å². The van der Waals surface area contributed by atoms with E-state index in [0.717, 1.165) is 11.1 Å². The van der Waals surface area contributed by atoms with E-state index in [9.17, 15) is 9.59 Å². The van der Waals surface area contributed by atoms with Crippen LogP contribution in [0.3, 0.4) is 0 Å². The molecule has 0 unspecified atom stereocenters. The van der Waals surface area contributed by atoms with Gasteiger partial charge in [-0.2, -0.15) is 0 Å². The van der Waals surface area contributed by atoms with Crippen molar-refractivity contribution in [3.8, 4) is 0 Å². The van der Waals surface area contributed by atoms with Crippen LogP contribution in [0.5, 0.6) is 0 Å². The lowest BCUT2D eigenvalue weighted by molar-refractivity contribution is -0.139. The zero-order valence-corrected chi connectivity index (χ0v) is 10.3. The summed E-state index contributed by atoms with van der Waals surface area (Å²) in [6, 6.07) is 9.69. The number of carboxylic acid groups (broad SMARTS) is 1. The molecule has 0 bridgehead atoms. The molecule has 0 aliphatic carbocycles. The van der Waals surface area contributed by atoms with Crippen molar-refractivity contribution in [3.05, 3.63) is 53.1 Å². The molecule has 0 radical (unpaired) electrons. The summed E-state index contributed by atoms with van der Waals surface area (Å²) in [6.45, 7) is 0.226. The van der Waals surface area contributed by atoms with Gasteiger partial charge in [0.05, 0.1) is 0 Å². The molecule has 0 atom stereocenters. The van der Waals surface area contributed by atoms with Gasteiger partial charge in [0.2, 0.25) is 0 Å². The van der Waals surface area contributed by atoms with Gasteiger partial charge < -0.3 is 9.84 Å². The van der Waals surface area contributed by atoms with Crippen molar-refractivity contribution >= 4 is 18.0 Å². The number of hydrogen-bond donors (Lipinski definition) is 1. The van der Waals surface area contributed by atoms with E-state index in [0.29, 0.717) is 5.57 Å². The highest BCUT2D eigenvalue weighted by molar-refractivity contribution is 5.91. The molecule has 0 saturated carbocycles. The third-order valence-electron chi connectivity index (χ3n) is 2.75. The van der Waals surface area contributed by atoms with Gasteiger partial charge in [-0.1, -0.05) is 30.3 Å². The van der Waals surface area contributed by atoms with E-state index in [1.165, 1.54) is 0 Å². The summed E-state index contributed by atoms with van der Waals surface area (Å²) in [5, 5.41) is 8.64. The first-order valence-electron chi connectivity index (χ1n) is 6.00. The number of ether oxygens (including phenoxy) is 1. The maximum Gasteiger partial charge on any atom is 0.334 e. The normalized spacial score (nSPS) is 16.9. The Bertz CT molecular complexity index is 541. The lowest BCUT2D eigenvalue weighted by Gasteiger charge is -2.15. The molecule has 1 heterocycles. The van der Waals surface area contributed by atoms with E-state index in [1.54, 1.807) is 6.08 Å². The average Bonchev–Trinajstić information content (AvgIpc) is 2.40. The molecule has 1 aromatic rings. The van der Waals surface area contributed by atoms with Crippen LogP contribution in [0.25, 0.3) is 6.08 Å². The molecule has 4 nitrogen and oxygen atoms in total. The number of esters is 1. The summed E-state index contributed by atoms with van der Waals surface area (Å²) in [4.78, 5) is 22.0. The van der Waals surface area contributed by atoms with Gasteiger partial charge in [-0.25, -0.2) is 4.79 Å². The number of benzene rings is 1. The summed E-state index contributed by atoms with van der Waals surface area (Å²) >= 11 is 0. The smallest absolute Gasteiger partial charge is 0.334 e. The maximum absolute atomic E-state index is 11.5. The number of hydrogen-bond acceptors (Lipinski definition) is 3. The van der Waals surface area contributed by atoms with Crippen LogP contribution in [0.1, 0.15) is 18.4 Å². The molecule has 1 N–H and O–H groups in total. The van der Waals surface area contributed by atoms with Crippen molar-refractivity contribution in [3.63, 3.8) is 0 Å². The quantitative estimate of drug-likeness (QED) is 0.842. The number of aliphatic carboxylic acids is 1. The lowest BCUT2D eigenvalue weighted by atomic mass is 10.0. The average molecular weight is 258 g/mol. The SMILES string of the molecule is O=C(O)CCC1=CC(=Cc2ccccc2)COC1=O. The standard InChI is InChI=1S/C15H14O4/c16-14(17)7-6-13-9-12(10-19-15(13)18)8-11-4-2-1-3-5-11/h1-5,8-9H,6-7,10H2,(H,16,17). The minimum atomic E-state index is -0.923. The zero-order chi connectivity index (χ0) is 13.7. The zero-order valence-electron chi connectivity index (χ0n) is 10.3. The topological polar surface area (TPSA) is 63.6 Å². The van der Waals surface area contributed by atoms with Gasteiger partial charge in [-0.15, -0.1) is 0 Å². The van der Waals surface area contributed by atoms with Gasteiger partial charge in [-0.05, 0) is 29.7 Å². The number of carboxylic acids is 1. The Balaban J connectivity index is 2.16. The predicted octanol–water partition coefficient (Wildman–Crippen LogP) is 2.42. The Hall–Kier alpha value is -2.36. The number of carbonyl (C=O) groups excluding carboxylic acids is 1. The first-order valence-corrected chi connectivity index (χ1v) is 6.00. The summed E-state index contributed by atoms with van der Waals surface area (Å²) in [7, 11) is 0. The van der Waals surface area contributed by atoms with Crippen LogP contribution in [0.15, 0.2) is 47.6 Å². The molecule has 98 valence electrons. The van der Waals surface area contributed by atoms with Gasteiger partial charge in [0, 0.05) is 12.0 Å². The maximum atomic E-state index is 11.5. The molecule has 1 aliphatic rings. The fourth-order valence-corrected chi connectivity index (χ4v) is 1.83. The lowest BCUT2D eigenvalue weighted by Crippen LogP contribution is -2.16. The van der Waals surface area contributed by atoms with Crippen molar-refractivity contribution in [2.45, 2.75) is 12.8 Å². The van der Waals surface area contributed by atoms with Gasteiger partial charge in [0.25, 0.3) is 0 Å². The summed E-state index contributed by atoms with van der Waals surface area (Å²) in [5.74, 6) is -1.35. The first kappa shape index (κ1) is 13.1. The molecule has 0 fully saturated rings. The van der Waals surface area contributed by atoms with Gasteiger partial charge in [0.1, 0.15) is 6.61 Å². The fourth-order valence-electron chi connectivity index (χ4n) is 1.83. The monoisotopic (exact) mass is 258 g/mol. The summed E-state index contributed by atoms with van der Waals surface area (Å²) in [6.07, 6.45) is 3.77. The molecule has 2 rings (SSSR count). The molecule has 0 spiro atoms. The Labute approximate surface area is 111 Å². The number of cyclic esters (lactones) is 1. The fraction of sp³-hybridized carbons (Fsp3) is 0.200. The number of carbonyl (C=O) groups is 2. The van der Waals surface area contributed by atoms with Crippen molar-refractivity contribution in [1.29, 1.82) is 0 Å². The molecule has 1 aliphatic heterocycles. The second-order valence-electron chi connectivity index (χ2n) is 4.27. The van der Waals surface area contributed by atoms with Crippen LogP contribution in [-0.4, -0.2) is 23.7 Å². The Morgan fingerprint density at radius 3 is 2.74 bits per heavy atom. The van der Waals surface area contributed by atoms with Crippen molar-refractivity contribution in [2.24, 2.45) is 0 Å². The van der Waals surface area contributed by atoms with Crippen molar-refractivity contribution < 1.29 is 19.4 Å². The van der Waals surface area contributed by atoms with Crippen molar-refractivity contribution in [1.82, 2.24) is 0 Å². The largest absolute Gasteiger partial charge is 0.481 e. The third-order valence-corrected chi connectivity index (χ3v) is 2.75. The number of rotatable bonds is 4. The van der Waals surface area contributed by atoms with Crippen LogP contribution in [0.2, 0.25) is 0 Å². The molecule has 0 saturated heterocycles. The van der Waals surface area contributed by atoms with E-state index < -0.39 is 11.9 Å². The Morgan fingerprint density at radius 2 is 2.05 bits per heavy atom. The highest BCUT2D eigenvalue weighted by atomic mass is 16.5. The highest BCUT2D eigenvalue weighted by Gasteiger charge is 2.18. The van der Waals surface area contributed by atoms with E-state index in [1.807, 2.05) is 36.4 Å². The summed E-state index contributed by atoms with van der Waals surface area (Å²) < 4.78 is 5.04. The van der Waals surface area contributed by atoms with E-state index >= 15 is 0 Å². The van der Waals surface area contributed by atoms with Crippen LogP contribution < -0.4 is 0 Å². The Morgan fingerprint density at radius 1 is 1.32 bits per heavy atom. The van der Waals surface area contributed by atoms with Gasteiger partial charge in [-0.3, -0.25) is 4.79 Å². The van der Waals surface area contributed by atoms with Crippen LogP contribution in [0, 0.1) is 0 Å². The molecule has 0 aromatic heterocycles. The van der Waals surface area contributed by atoms with E-state index in [2.05, 4.69) is 0 Å². The van der Waals surface area contributed by atoms with Crippen LogP contribution >= 0.6 is 0 Å². The van der Waals surface area contributed by atoms with Crippen LogP contribution in [0.4, 0.5) is 0 Å². The van der Waals surface area contributed by atoms with Gasteiger partial charge >= 0.3 is 11.9 Å². The highest BCUT2D eigenvalue weighted by Crippen LogP contribution is 2.19. The van der Waals surface area contributed by atoms with E-state index in [4.69, 9.17) is 9.84 Å². The molecular weight excluding hydrogens is 244 g/mol. The summed E-state index contributed by atoms with van der Waals surface area (Å²) in [5.41, 5.74) is 2.30. The first-order chi connectivity index (χ1) is 9.15. The molecule has 19 heavy (non-hydrogen) atoms. The molecule has 0 amide bonds. The predicted molar refractivity (Wildman–Crippen MR) is 70.3 cm³/mol. The molecule has 1 aromatic carbocycles. The third kappa shape index (κ3) is 3.81. The van der Waals surface area contributed by atoms with E-state index in [-0.39, 0.29) is 19.4 Å². The minimum absolute atomic E-state index is 0.0699. The minimum Gasteiger partial charge on any atom is -0.481 e. The van der Waals surface area contributed by atoms with Crippen molar-refractivity contribution in [2.75, 3.05) is 6.61 Å². The second-order valence-corrected chi connectivity index (χ2v) is 4.27. The second kappa shape index (κ2) is 6.00.